The number of hydrogen-bond acceptors (Lipinski definition) is 8. The first-order chi connectivity index (χ1) is 15.3. The second-order valence-corrected chi connectivity index (χ2v) is 6.15. The van der Waals surface area contributed by atoms with E-state index in [4.69, 9.17) is 29.8 Å². The Morgan fingerprint density at radius 2 is 0.906 bits per heavy atom. The van der Waals surface area contributed by atoms with Crippen molar-refractivity contribution in [2.24, 2.45) is 0 Å². The van der Waals surface area contributed by atoms with Crippen molar-refractivity contribution in [1.82, 2.24) is 0 Å². The van der Waals surface area contributed by atoms with Crippen molar-refractivity contribution in [3.8, 4) is 11.5 Å². The summed E-state index contributed by atoms with van der Waals surface area (Å²) in [5.41, 5.74) is 0.0321. The van der Waals surface area contributed by atoms with E-state index in [2.05, 4.69) is 0 Å². The van der Waals surface area contributed by atoms with Crippen LogP contribution >= 0.6 is 0 Å². The first-order valence-electron chi connectivity index (χ1n) is 8.88. The zero-order valence-electron chi connectivity index (χ0n) is 16.1. The third-order valence-electron chi connectivity index (χ3n) is 3.96. The highest BCUT2D eigenvalue weighted by molar-refractivity contribution is 5.95. The minimum atomic E-state index is -1.11. The van der Waals surface area contributed by atoms with Crippen molar-refractivity contribution in [2.45, 2.75) is 0 Å². The molecule has 0 aliphatic carbocycles. The van der Waals surface area contributed by atoms with Crippen LogP contribution < -0.4 is 9.78 Å². The molecule has 3 aromatic carbocycles. The zero-order chi connectivity index (χ0) is 23.1. The molecule has 2 N–H and O–H groups in total. The predicted octanol–water partition coefficient (Wildman–Crippen LogP) is 3.38. The molecule has 32 heavy (non-hydrogen) atoms. The summed E-state index contributed by atoms with van der Waals surface area (Å²) < 4.78 is 0. The van der Waals surface area contributed by atoms with Crippen LogP contribution in [0, 0.1) is 0 Å². The first-order valence-corrected chi connectivity index (χ1v) is 8.88. The van der Waals surface area contributed by atoms with Gasteiger partial charge in [-0.05, 0) is 66.7 Å². The molecule has 10 heteroatoms. The predicted molar refractivity (Wildman–Crippen MR) is 105 cm³/mol. The summed E-state index contributed by atoms with van der Waals surface area (Å²) in [4.78, 5) is 65.1. The van der Waals surface area contributed by atoms with Crippen molar-refractivity contribution in [2.75, 3.05) is 0 Å². The summed E-state index contributed by atoms with van der Waals surface area (Å²) in [5, 5.41) is 17.7. The van der Waals surface area contributed by atoms with Gasteiger partial charge in [0.25, 0.3) is 0 Å². The molecule has 0 aliphatic heterocycles. The highest BCUT2D eigenvalue weighted by Crippen LogP contribution is 2.16. The Labute approximate surface area is 180 Å². The molecule has 3 aromatic rings. The van der Waals surface area contributed by atoms with Crippen molar-refractivity contribution in [1.29, 1.82) is 0 Å². The molecule has 0 radical (unpaired) electrons. The number of carboxylic acids is 2. The van der Waals surface area contributed by atoms with Crippen LogP contribution in [0.4, 0.5) is 0 Å². The molecular formula is C22H14O10. The van der Waals surface area contributed by atoms with Crippen LogP contribution in [0.25, 0.3) is 0 Å². The van der Waals surface area contributed by atoms with Crippen LogP contribution in [0.3, 0.4) is 0 Å². The maximum atomic E-state index is 12.2. The fourth-order valence-corrected chi connectivity index (χ4v) is 2.35. The highest BCUT2D eigenvalue weighted by Gasteiger charge is 2.16. The third kappa shape index (κ3) is 5.60. The Bertz CT molecular complexity index is 1060. The number of benzene rings is 3. The summed E-state index contributed by atoms with van der Waals surface area (Å²) in [7, 11) is 0. The SMILES string of the molecule is O=C(O)c1ccc(OOC(=O)c2cccc(C(=O)OOc3ccc(C(=O)O)cc3)c2)cc1. The highest BCUT2D eigenvalue weighted by atomic mass is 17.2. The van der Waals surface area contributed by atoms with Gasteiger partial charge in [0.1, 0.15) is 0 Å². The van der Waals surface area contributed by atoms with Gasteiger partial charge in [-0.1, -0.05) is 6.07 Å². The van der Waals surface area contributed by atoms with Crippen molar-refractivity contribution < 1.29 is 48.9 Å². The quantitative estimate of drug-likeness (QED) is 0.396. The lowest BCUT2D eigenvalue weighted by Gasteiger charge is -2.07. The fraction of sp³-hybridized carbons (Fsp3) is 0. The first kappa shape index (κ1) is 21.8. The van der Waals surface area contributed by atoms with Crippen LogP contribution in [0.2, 0.25) is 0 Å². The zero-order valence-corrected chi connectivity index (χ0v) is 16.1. The monoisotopic (exact) mass is 438 g/mol. The Morgan fingerprint density at radius 1 is 0.531 bits per heavy atom. The molecule has 0 unspecified atom stereocenters. The van der Waals surface area contributed by atoms with Crippen LogP contribution in [0.1, 0.15) is 41.4 Å². The third-order valence-corrected chi connectivity index (χ3v) is 3.96. The smallest absolute Gasteiger partial charge is 0.386 e. The van der Waals surface area contributed by atoms with E-state index in [-0.39, 0.29) is 33.8 Å². The molecule has 0 amide bonds. The van der Waals surface area contributed by atoms with Gasteiger partial charge in [0, 0.05) is 0 Å². The van der Waals surface area contributed by atoms with Crippen LogP contribution in [-0.2, 0) is 9.78 Å². The largest absolute Gasteiger partial charge is 0.478 e. The molecule has 0 bridgehead atoms. The number of rotatable bonds is 8. The van der Waals surface area contributed by atoms with Gasteiger partial charge < -0.3 is 10.2 Å². The summed E-state index contributed by atoms with van der Waals surface area (Å²) in [5.74, 6) is -3.85. The molecule has 0 aromatic heterocycles. The van der Waals surface area contributed by atoms with Gasteiger partial charge in [0.05, 0.1) is 22.3 Å². The molecule has 0 aliphatic rings. The Kier molecular flexibility index (Phi) is 6.66. The topological polar surface area (TPSA) is 146 Å². The van der Waals surface area contributed by atoms with E-state index in [1.165, 1.54) is 72.8 Å². The molecular weight excluding hydrogens is 424 g/mol. The Morgan fingerprint density at radius 3 is 1.25 bits per heavy atom. The second kappa shape index (κ2) is 9.76. The molecule has 0 spiro atoms. The van der Waals surface area contributed by atoms with Gasteiger partial charge in [0.15, 0.2) is 11.5 Å². The van der Waals surface area contributed by atoms with E-state index in [0.29, 0.717) is 0 Å². The van der Waals surface area contributed by atoms with E-state index in [0.717, 1.165) is 0 Å². The lowest BCUT2D eigenvalue weighted by molar-refractivity contribution is -0.150. The molecule has 0 atom stereocenters. The lowest BCUT2D eigenvalue weighted by Crippen LogP contribution is -2.12. The molecule has 162 valence electrons. The number of hydrogen-bond donors (Lipinski definition) is 2. The van der Waals surface area contributed by atoms with Gasteiger partial charge in [-0.15, -0.1) is 0 Å². The molecule has 0 saturated heterocycles. The van der Waals surface area contributed by atoms with Gasteiger partial charge in [-0.25, -0.2) is 29.0 Å². The van der Waals surface area contributed by atoms with Crippen LogP contribution in [-0.4, -0.2) is 34.1 Å². The van der Waals surface area contributed by atoms with Gasteiger partial charge in [-0.2, -0.15) is 0 Å². The van der Waals surface area contributed by atoms with E-state index >= 15 is 0 Å². The van der Waals surface area contributed by atoms with Crippen molar-refractivity contribution in [3.63, 3.8) is 0 Å². The second-order valence-electron chi connectivity index (χ2n) is 6.15. The van der Waals surface area contributed by atoms with Gasteiger partial charge in [0.2, 0.25) is 0 Å². The average molecular weight is 438 g/mol. The minimum Gasteiger partial charge on any atom is -0.478 e. The van der Waals surface area contributed by atoms with Crippen LogP contribution in [0.15, 0.2) is 72.8 Å². The summed E-state index contributed by atoms with van der Waals surface area (Å²) in [6.07, 6.45) is 0. The maximum Gasteiger partial charge on any atom is 0.386 e. The fourth-order valence-electron chi connectivity index (χ4n) is 2.35. The molecule has 3 rings (SSSR count). The molecule has 0 heterocycles. The van der Waals surface area contributed by atoms with E-state index < -0.39 is 23.9 Å². The van der Waals surface area contributed by atoms with E-state index in [1.54, 1.807) is 0 Å². The number of carboxylic acid groups (broad SMARTS) is 2. The van der Waals surface area contributed by atoms with Crippen molar-refractivity contribution >= 4 is 23.9 Å². The molecule has 0 saturated carbocycles. The number of carbonyl (C=O) groups is 4. The summed E-state index contributed by atoms with van der Waals surface area (Å²) in [6.45, 7) is 0. The van der Waals surface area contributed by atoms with Crippen LogP contribution in [0.5, 0.6) is 11.5 Å². The Hall–Kier alpha value is -4.86. The van der Waals surface area contributed by atoms with Gasteiger partial charge >= 0.3 is 23.9 Å². The van der Waals surface area contributed by atoms with Crippen molar-refractivity contribution in [3.05, 3.63) is 95.1 Å². The lowest BCUT2D eigenvalue weighted by atomic mass is 10.1. The minimum absolute atomic E-state index is 0.0209. The van der Waals surface area contributed by atoms with Gasteiger partial charge in [-0.3, -0.25) is 9.78 Å². The summed E-state index contributed by atoms with van der Waals surface area (Å²) in [6, 6.07) is 15.7. The average Bonchev–Trinajstić information content (AvgIpc) is 2.81. The standard InChI is InChI=1S/C22H14O10/c23-19(24)13-4-8-17(9-5-13)29-31-21(27)15-2-1-3-16(12-15)22(28)32-30-18-10-6-14(7-11-18)20(25)26/h1-12H,(H,23,24)(H,25,26). The number of aromatic carboxylic acids is 2. The van der Waals surface area contributed by atoms with E-state index in [1.807, 2.05) is 0 Å². The maximum absolute atomic E-state index is 12.2. The Balaban J connectivity index is 1.57. The molecule has 0 fully saturated rings. The number of carbonyl (C=O) groups excluding carboxylic acids is 2. The normalized spacial score (nSPS) is 10.0. The molecule has 10 nitrogen and oxygen atoms in total. The summed E-state index contributed by atoms with van der Waals surface area (Å²) >= 11 is 0. The van der Waals surface area contributed by atoms with E-state index in [9.17, 15) is 19.2 Å².